The Morgan fingerprint density at radius 2 is 1.88 bits per heavy atom. The largest absolute Gasteiger partial charge is 0.353 e. The monoisotopic (exact) mass is 239 g/mol. The van der Waals surface area contributed by atoms with Crippen LogP contribution in [0.1, 0.15) is 26.7 Å². The van der Waals surface area contributed by atoms with Crippen molar-refractivity contribution in [3.63, 3.8) is 0 Å². The Morgan fingerprint density at radius 1 is 1.24 bits per heavy atom. The van der Waals surface area contributed by atoms with Gasteiger partial charge in [0.05, 0.1) is 0 Å². The highest BCUT2D eigenvalue weighted by molar-refractivity contribution is 5.87. The zero-order valence-corrected chi connectivity index (χ0v) is 10.6. The molecule has 2 heterocycles. The highest BCUT2D eigenvalue weighted by Crippen LogP contribution is 2.18. The summed E-state index contributed by atoms with van der Waals surface area (Å²) in [5.74, 6) is 0.663. The fourth-order valence-corrected chi connectivity index (χ4v) is 2.43. The number of piperidine rings is 1. The van der Waals surface area contributed by atoms with Crippen LogP contribution < -0.4 is 5.32 Å². The molecule has 0 radical (unpaired) electrons. The van der Waals surface area contributed by atoms with E-state index in [9.17, 15) is 9.59 Å². The molecular formula is C12H21N3O2. The van der Waals surface area contributed by atoms with E-state index in [-0.39, 0.29) is 18.0 Å². The molecule has 3 amide bonds. The van der Waals surface area contributed by atoms with Crippen LogP contribution in [0.5, 0.6) is 0 Å². The Morgan fingerprint density at radius 3 is 2.53 bits per heavy atom. The number of nitrogens with zero attached hydrogens (tertiary/aromatic N) is 2. The molecule has 5 heteroatoms. The smallest absolute Gasteiger partial charge is 0.320 e. The molecule has 17 heavy (non-hydrogen) atoms. The molecule has 0 aromatic carbocycles. The van der Waals surface area contributed by atoms with Gasteiger partial charge in [-0.3, -0.25) is 4.79 Å². The predicted octanol–water partition coefficient (Wildman–Crippen LogP) is 0.659. The molecule has 0 spiro atoms. The highest BCUT2D eigenvalue weighted by atomic mass is 16.2. The average molecular weight is 239 g/mol. The number of hydrogen-bond acceptors (Lipinski definition) is 2. The van der Waals surface area contributed by atoms with Gasteiger partial charge in [0.2, 0.25) is 5.91 Å². The van der Waals surface area contributed by atoms with E-state index in [1.807, 2.05) is 4.90 Å². The minimum absolute atomic E-state index is 0.0271. The van der Waals surface area contributed by atoms with Gasteiger partial charge < -0.3 is 15.1 Å². The highest BCUT2D eigenvalue weighted by Gasteiger charge is 2.32. The quantitative estimate of drug-likeness (QED) is 0.675. The van der Waals surface area contributed by atoms with Gasteiger partial charge in [-0.1, -0.05) is 6.92 Å². The molecule has 2 aliphatic heterocycles. The summed E-state index contributed by atoms with van der Waals surface area (Å²) in [7, 11) is 0. The average Bonchev–Trinajstić information content (AvgIpc) is 2.33. The number of urea groups is 1. The first kappa shape index (κ1) is 12.2. The summed E-state index contributed by atoms with van der Waals surface area (Å²) in [6, 6.07) is -0.310. The Bertz CT molecular complexity index is 311. The molecule has 0 bridgehead atoms. The van der Waals surface area contributed by atoms with Gasteiger partial charge in [0.15, 0.2) is 0 Å². The maximum atomic E-state index is 12.3. The van der Waals surface area contributed by atoms with Crippen molar-refractivity contribution < 1.29 is 9.59 Å². The van der Waals surface area contributed by atoms with Gasteiger partial charge in [-0.05, 0) is 25.7 Å². The Balaban J connectivity index is 1.97. The third-order valence-corrected chi connectivity index (χ3v) is 3.80. The molecule has 2 rings (SSSR count). The van der Waals surface area contributed by atoms with Gasteiger partial charge in [0, 0.05) is 26.2 Å². The van der Waals surface area contributed by atoms with Gasteiger partial charge in [-0.2, -0.15) is 0 Å². The van der Waals surface area contributed by atoms with Gasteiger partial charge >= 0.3 is 6.03 Å². The number of piperazine rings is 1. The van der Waals surface area contributed by atoms with Crippen LogP contribution in [0.2, 0.25) is 0 Å². The summed E-state index contributed by atoms with van der Waals surface area (Å²) in [5.41, 5.74) is 0. The molecule has 2 fully saturated rings. The van der Waals surface area contributed by atoms with Gasteiger partial charge in [0.25, 0.3) is 0 Å². The lowest BCUT2D eigenvalue weighted by Gasteiger charge is -2.39. The van der Waals surface area contributed by atoms with E-state index in [0.29, 0.717) is 19.0 Å². The lowest BCUT2D eigenvalue weighted by Crippen LogP contribution is -2.59. The molecule has 0 saturated carbocycles. The fourth-order valence-electron chi connectivity index (χ4n) is 2.43. The Kier molecular flexibility index (Phi) is 3.54. The predicted molar refractivity (Wildman–Crippen MR) is 64.5 cm³/mol. The molecule has 0 aliphatic carbocycles. The molecule has 0 aromatic rings. The summed E-state index contributed by atoms with van der Waals surface area (Å²) >= 11 is 0. The summed E-state index contributed by atoms with van der Waals surface area (Å²) < 4.78 is 0. The second kappa shape index (κ2) is 4.94. The molecule has 5 nitrogen and oxygen atoms in total. The number of nitrogens with one attached hydrogen (secondary N) is 1. The number of carbonyl (C=O) groups excluding carboxylic acids is 2. The lowest BCUT2D eigenvalue weighted by molar-refractivity contribution is -0.127. The zero-order chi connectivity index (χ0) is 12.4. The van der Waals surface area contributed by atoms with E-state index in [0.717, 1.165) is 25.9 Å². The molecule has 2 saturated heterocycles. The lowest BCUT2D eigenvalue weighted by atomic mass is 9.99. The first-order valence-electron chi connectivity index (χ1n) is 6.43. The summed E-state index contributed by atoms with van der Waals surface area (Å²) in [6.07, 6.45) is 2.14. The van der Waals surface area contributed by atoms with Gasteiger partial charge in [-0.25, -0.2) is 4.79 Å². The molecule has 2 aliphatic rings. The molecule has 1 N–H and O–H groups in total. The first-order valence-corrected chi connectivity index (χ1v) is 6.43. The van der Waals surface area contributed by atoms with Crippen molar-refractivity contribution in [1.29, 1.82) is 0 Å². The van der Waals surface area contributed by atoms with E-state index in [4.69, 9.17) is 0 Å². The van der Waals surface area contributed by atoms with Crippen molar-refractivity contribution in [3.05, 3.63) is 0 Å². The molecular weight excluding hydrogens is 218 g/mol. The minimum Gasteiger partial charge on any atom is -0.353 e. The van der Waals surface area contributed by atoms with Crippen LogP contribution in [-0.2, 0) is 4.79 Å². The maximum Gasteiger partial charge on any atom is 0.320 e. The van der Waals surface area contributed by atoms with Crippen LogP contribution in [0.4, 0.5) is 4.79 Å². The van der Waals surface area contributed by atoms with Crippen molar-refractivity contribution in [2.24, 2.45) is 5.92 Å². The summed E-state index contributed by atoms with van der Waals surface area (Å²) in [6.45, 7) is 6.85. The van der Waals surface area contributed by atoms with Crippen molar-refractivity contribution in [2.45, 2.75) is 32.7 Å². The Labute approximate surface area is 102 Å². The number of likely N-dealkylation sites (tertiary alicyclic amines) is 1. The zero-order valence-electron chi connectivity index (χ0n) is 10.6. The normalized spacial score (nSPS) is 26.9. The summed E-state index contributed by atoms with van der Waals surface area (Å²) in [4.78, 5) is 27.4. The topological polar surface area (TPSA) is 52.7 Å². The summed E-state index contributed by atoms with van der Waals surface area (Å²) in [5, 5.41) is 2.78. The van der Waals surface area contributed by atoms with E-state index in [2.05, 4.69) is 12.2 Å². The van der Waals surface area contributed by atoms with Gasteiger partial charge in [-0.15, -0.1) is 0 Å². The molecule has 1 atom stereocenters. The fraction of sp³-hybridized carbons (Fsp3) is 0.833. The van der Waals surface area contributed by atoms with Crippen LogP contribution in [0.3, 0.4) is 0 Å². The second-order valence-corrected chi connectivity index (χ2v) is 5.11. The van der Waals surface area contributed by atoms with E-state index < -0.39 is 0 Å². The SMILES string of the molecule is CC1CCN(C(=O)N2CCNC(=O)C2C)CC1. The molecule has 0 aromatic heterocycles. The van der Waals surface area contributed by atoms with Crippen LogP contribution in [-0.4, -0.2) is 54.0 Å². The van der Waals surface area contributed by atoms with Crippen molar-refractivity contribution >= 4 is 11.9 Å². The maximum absolute atomic E-state index is 12.3. The Hall–Kier alpha value is -1.26. The van der Waals surface area contributed by atoms with Crippen molar-refractivity contribution in [1.82, 2.24) is 15.1 Å². The van der Waals surface area contributed by atoms with Crippen molar-refractivity contribution in [2.75, 3.05) is 26.2 Å². The second-order valence-electron chi connectivity index (χ2n) is 5.11. The van der Waals surface area contributed by atoms with Gasteiger partial charge in [0.1, 0.15) is 6.04 Å². The third-order valence-electron chi connectivity index (χ3n) is 3.80. The molecule has 1 unspecified atom stereocenters. The standard InChI is InChI=1S/C12H21N3O2/c1-9-3-6-14(7-4-9)12(17)15-8-5-13-11(16)10(15)2/h9-10H,3-8H2,1-2H3,(H,13,16). The number of carbonyl (C=O) groups is 2. The van der Waals surface area contributed by atoms with E-state index in [1.54, 1.807) is 11.8 Å². The van der Waals surface area contributed by atoms with Crippen LogP contribution >= 0.6 is 0 Å². The van der Waals surface area contributed by atoms with E-state index in [1.165, 1.54) is 0 Å². The third kappa shape index (κ3) is 2.53. The van der Waals surface area contributed by atoms with Crippen LogP contribution in [0.15, 0.2) is 0 Å². The van der Waals surface area contributed by atoms with Crippen LogP contribution in [0, 0.1) is 5.92 Å². The van der Waals surface area contributed by atoms with Crippen LogP contribution in [0.25, 0.3) is 0 Å². The first-order chi connectivity index (χ1) is 8.09. The number of hydrogen-bond donors (Lipinski definition) is 1. The number of rotatable bonds is 0. The minimum atomic E-state index is -0.337. The number of amides is 3. The molecule has 96 valence electrons. The van der Waals surface area contributed by atoms with E-state index >= 15 is 0 Å². The van der Waals surface area contributed by atoms with Crippen molar-refractivity contribution in [3.8, 4) is 0 Å².